The van der Waals surface area contributed by atoms with Gasteiger partial charge in [0.15, 0.2) is 0 Å². The lowest BCUT2D eigenvalue weighted by molar-refractivity contribution is 0.0596. The molecule has 0 heterocycles. The molecule has 0 saturated heterocycles. The zero-order chi connectivity index (χ0) is 23.7. The summed E-state index contributed by atoms with van der Waals surface area (Å²) >= 11 is 0. The van der Waals surface area contributed by atoms with Gasteiger partial charge in [0.1, 0.15) is 0 Å². The van der Waals surface area contributed by atoms with Crippen molar-refractivity contribution in [1.29, 1.82) is 0 Å². The minimum atomic E-state index is -1.97. The minimum absolute atomic E-state index is 0.115. The maximum atomic E-state index is 10.1. The van der Waals surface area contributed by atoms with Gasteiger partial charge in [-0.15, -0.1) is 0 Å². The molecule has 164 valence electrons. The maximum Gasteiger partial charge on any atom is 0.0591 e. The third-order valence-electron chi connectivity index (χ3n) is 7.88. The summed E-state index contributed by atoms with van der Waals surface area (Å²) in [5.41, 5.74) is 2.22. The standard InChI is InChI=1S/C27H44O2/c1-19-10-13-23(28)18-22(19)12-11-21-9-7-17-27(5)24(14-15-25(21)27)20(2)8-6-16-26(3,4)29/h11-12,20,23-25,28-29H,1,6-10,13-18H2,2-5H3/b21-11+,22-12-/t20-,23+,24-,25+,27-/m1/s1/i5D3. The number of aliphatic hydroxyl groups is 2. The molecule has 0 aromatic carbocycles. The van der Waals surface area contributed by atoms with Crippen molar-refractivity contribution in [2.24, 2.45) is 23.2 Å². The van der Waals surface area contributed by atoms with Crippen molar-refractivity contribution in [3.8, 4) is 0 Å². The van der Waals surface area contributed by atoms with Gasteiger partial charge in [-0.2, -0.15) is 0 Å². The number of rotatable bonds is 6. The summed E-state index contributed by atoms with van der Waals surface area (Å²) in [6, 6.07) is 0. The molecule has 3 saturated carbocycles. The smallest absolute Gasteiger partial charge is 0.0591 e. The first kappa shape index (κ1) is 18.9. The molecule has 0 amide bonds. The highest BCUT2D eigenvalue weighted by atomic mass is 16.3. The van der Waals surface area contributed by atoms with Crippen LogP contribution >= 0.6 is 0 Å². The highest BCUT2D eigenvalue weighted by Gasteiger charge is 2.50. The number of fused-ring (bicyclic) bond motifs is 1. The second-order valence-corrected chi connectivity index (χ2v) is 10.7. The van der Waals surface area contributed by atoms with Crippen molar-refractivity contribution >= 4 is 0 Å². The zero-order valence-electron chi connectivity index (χ0n) is 21.8. The second-order valence-electron chi connectivity index (χ2n) is 10.7. The van der Waals surface area contributed by atoms with E-state index in [-0.39, 0.29) is 17.9 Å². The monoisotopic (exact) mass is 403 g/mol. The van der Waals surface area contributed by atoms with Gasteiger partial charge in [-0.05, 0) is 100 Å². The van der Waals surface area contributed by atoms with Gasteiger partial charge in [-0.1, -0.05) is 56.5 Å². The molecule has 0 aromatic heterocycles. The Bertz CT molecular complexity index is 743. The zero-order valence-corrected chi connectivity index (χ0v) is 18.8. The van der Waals surface area contributed by atoms with Crippen LogP contribution in [0.4, 0.5) is 0 Å². The van der Waals surface area contributed by atoms with E-state index in [0.717, 1.165) is 75.4 Å². The van der Waals surface area contributed by atoms with Crippen molar-refractivity contribution in [2.75, 3.05) is 0 Å². The summed E-state index contributed by atoms with van der Waals surface area (Å²) in [5.74, 6) is 0.655. The van der Waals surface area contributed by atoms with E-state index in [9.17, 15) is 10.2 Å². The lowest BCUT2D eigenvalue weighted by Gasteiger charge is -2.44. The summed E-state index contributed by atoms with van der Waals surface area (Å²) in [7, 11) is 0. The molecule has 0 aromatic rings. The van der Waals surface area contributed by atoms with E-state index in [2.05, 4.69) is 25.7 Å². The third kappa shape index (κ3) is 5.44. The number of aliphatic hydroxyl groups excluding tert-OH is 1. The second kappa shape index (κ2) is 9.10. The van der Waals surface area contributed by atoms with Crippen LogP contribution in [0.1, 0.15) is 102 Å². The van der Waals surface area contributed by atoms with Crippen LogP contribution in [0.5, 0.6) is 0 Å². The van der Waals surface area contributed by atoms with Gasteiger partial charge >= 0.3 is 0 Å². The first-order valence-electron chi connectivity index (χ1n) is 13.3. The van der Waals surface area contributed by atoms with Gasteiger partial charge in [0.05, 0.1) is 11.7 Å². The first-order valence-corrected chi connectivity index (χ1v) is 11.8. The van der Waals surface area contributed by atoms with Crippen LogP contribution in [0.2, 0.25) is 0 Å². The van der Waals surface area contributed by atoms with Crippen LogP contribution in [0, 0.1) is 23.2 Å². The van der Waals surface area contributed by atoms with Crippen molar-refractivity contribution in [2.45, 2.75) is 110 Å². The Kier molecular flexibility index (Phi) is 5.92. The largest absolute Gasteiger partial charge is 0.393 e. The fraction of sp³-hybridized carbons (Fsp3) is 0.778. The van der Waals surface area contributed by atoms with E-state index in [1.165, 1.54) is 5.57 Å². The summed E-state index contributed by atoms with van der Waals surface area (Å²) in [5, 5.41) is 20.1. The Morgan fingerprint density at radius 3 is 2.79 bits per heavy atom. The van der Waals surface area contributed by atoms with Crippen molar-refractivity contribution in [1.82, 2.24) is 0 Å². The fourth-order valence-electron chi connectivity index (χ4n) is 6.20. The van der Waals surface area contributed by atoms with Crippen LogP contribution in [0.25, 0.3) is 0 Å². The Labute approximate surface area is 183 Å². The van der Waals surface area contributed by atoms with Crippen molar-refractivity contribution in [3.63, 3.8) is 0 Å². The lowest BCUT2D eigenvalue weighted by atomic mass is 9.60. The molecule has 3 aliphatic rings. The fourth-order valence-corrected chi connectivity index (χ4v) is 6.20. The average molecular weight is 404 g/mol. The molecule has 0 spiro atoms. The van der Waals surface area contributed by atoms with Crippen LogP contribution in [-0.2, 0) is 0 Å². The predicted molar refractivity (Wildman–Crippen MR) is 123 cm³/mol. The van der Waals surface area contributed by atoms with Gasteiger partial charge in [-0.25, -0.2) is 0 Å². The molecular formula is C27H44O2. The molecule has 0 radical (unpaired) electrons. The topological polar surface area (TPSA) is 40.5 Å². The van der Waals surface area contributed by atoms with E-state index in [1.54, 1.807) is 0 Å². The van der Waals surface area contributed by atoms with Gasteiger partial charge in [0.25, 0.3) is 0 Å². The Hall–Kier alpha value is -0.860. The Morgan fingerprint density at radius 2 is 2.07 bits per heavy atom. The lowest BCUT2D eigenvalue weighted by Crippen LogP contribution is -2.36. The normalized spacial score (nSPS) is 39.1. The van der Waals surface area contributed by atoms with Gasteiger partial charge in [-0.3, -0.25) is 0 Å². The summed E-state index contributed by atoms with van der Waals surface area (Å²) in [6.45, 7) is 8.13. The molecule has 0 unspecified atom stereocenters. The number of hydrogen-bond acceptors (Lipinski definition) is 2. The quantitative estimate of drug-likeness (QED) is 0.516. The van der Waals surface area contributed by atoms with E-state index in [1.807, 2.05) is 13.8 Å². The molecule has 5 atom stereocenters. The molecular weight excluding hydrogens is 356 g/mol. The maximum absolute atomic E-state index is 10.1. The first-order chi connectivity index (χ1) is 14.8. The highest BCUT2D eigenvalue weighted by Crippen LogP contribution is 2.60. The van der Waals surface area contributed by atoms with E-state index >= 15 is 0 Å². The number of allylic oxidation sites excluding steroid dienone is 4. The molecule has 3 fully saturated rings. The average Bonchev–Trinajstić information content (AvgIpc) is 3.09. The van der Waals surface area contributed by atoms with Crippen LogP contribution in [-0.4, -0.2) is 21.9 Å². The summed E-state index contributed by atoms with van der Waals surface area (Å²) < 4.78 is 25.9. The molecule has 0 bridgehead atoms. The van der Waals surface area contributed by atoms with Gasteiger partial charge in [0, 0.05) is 4.11 Å². The SMILES string of the molecule is [2H]C([2H])([2H])[C@]12CCC/C(=C\C=C3\C[C@@H](O)CCC3=C)[C@@H]1CC[C@@H]2[C@H](C)CCCC(C)(C)O. The predicted octanol–water partition coefficient (Wildman–Crippen LogP) is 6.73. The molecule has 29 heavy (non-hydrogen) atoms. The highest BCUT2D eigenvalue weighted by molar-refractivity contribution is 5.36. The van der Waals surface area contributed by atoms with E-state index < -0.39 is 17.9 Å². The third-order valence-corrected chi connectivity index (χ3v) is 7.88. The molecule has 3 aliphatic carbocycles. The molecule has 2 N–H and O–H groups in total. The summed E-state index contributed by atoms with van der Waals surface area (Å²) in [6.07, 6.45) is 13.6. The van der Waals surface area contributed by atoms with Gasteiger partial charge < -0.3 is 10.2 Å². The van der Waals surface area contributed by atoms with E-state index in [0.29, 0.717) is 12.3 Å². The van der Waals surface area contributed by atoms with Crippen molar-refractivity contribution < 1.29 is 14.3 Å². The molecule has 0 aliphatic heterocycles. The van der Waals surface area contributed by atoms with Crippen molar-refractivity contribution in [3.05, 3.63) is 35.5 Å². The Balaban J connectivity index is 1.84. The van der Waals surface area contributed by atoms with Crippen LogP contribution in [0.3, 0.4) is 0 Å². The molecule has 3 rings (SSSR count). The van der Waals surface area contributed by atoms with Gasteiger partial charge in [0.2, 0.25) is 0 Å². The number of hydrogen-bond donors (Lipinski definition) is 2. The summed E-state index contributed by atoms with van der Waals surface area (Å²) in [4.78, 5) is 0. The minimum Gasteiger partial charge on any atom is -0.393 e. The molecule has 2 heteroatoms. The van der Waals surface area contributed by atoms with Crippen LogP contribution in [0.15, 0.2) is 35.5 Å². The van der Waals surface area contributed by atoms with Crippen LogP contribution < -0.4 is 0 Å². The molecule has 2 nitrogen and oxygen atoms in total. The van der Waals surface area contributed by atoms with E-state index in [4.69, 9.17) is 4.11 Å². The Morgan fingerprint density at radius 1 is 1.28 bits per heavy atom.